The summed E-state index contributed by atoms with van der Waals surface area (Å²) in [4.78, 5) is 2.33. The monoisotopic (exact) mass is 311 g/mol. The minimum Gasteiger partial charge on any atom is -0.494 e. The number of aryl methyl sites for hydroxylation is 1. The second kappa shape index (κ2) is 8.02. The number of hydrogen-bond acceptors (Lipinski definition) is 3. The Morgan fingerprint density at radius 2 is 1.96 bits per heavy atom. The van der Waals surface area contributed by atoms with E-state index in [1.807, 2.05) is 18.2 Å². The minimum atomic E-state index is 0.284. The van der Waals surface area contributed by atoms with Crippen molar-refractivity contribution in [1.82, 2.24) is 0 Å². The topological polar surface area (TPSA) is 32.7 Å². The third-order valence-electron chi connectivity index (χ3n) is 4.45. The van der Waals surface area contributed by atoms with E-state index in [1.165, 1.54) is 11.3 Å². The van der Waals surface area contributed by atoms with Crippen molar-refractivity contribution < 1.29 is 9.84 Å². The van der Waals surface area contributed by atoms with Crippen LogP contribution in [-0.4, -0.2) is 31.4 Å². The lowest BCUT2D eigenvalue weighted by Gasteiger charge is -2.19. The predicted octanol–water partition coefficient (Wildman–Crippen LogP) is 3.52. The van der Waals surface area contributed by atoms with Crippen LogP contribution in [0.5, 0.6) is 5.75 Å². The zero-order valence-corrected chi connectivity index (χ0v) is 13.5. The second-order valence-corrected chi connectivity index (χ2v) is 6.22. The van der Waals surface area contributed by atoms with Crippen LogP contribution in [-0.2, 0) is 6.42 Å². The number of anilines is 1. The van der Waals surface area contributed by atoms with Crippen molar-refractivity contribution in [3.8, 4) is 5.75 Å². The summed E-state index contributed by atoms with van der Waals surface area (Å²) in [6.07, 6.45) is 3.13. The van der Waals surface area contributed by atoms with Gasteiger partial charge in [0.05, 0.1) is 6.61 Å². The zero-order chi connectivity index (χ0) is 15.9. The number of hydrogen-bond donors (Lipinski definition) is 1. The molecule has 1 N–H and O–H groups in total. The molecule has 1 fully saturated rings. The van der Waals surface area contributed by atoms with Crippen molar-refractivity contribution in [2.45, 2.75) is 19.3 Å². The van der Waals surface area contributed by atoms with Gasteiger partial charge >= 0.3 is 0 Å². The van der Waals surface area contributed by atoms with E-state index in [0.717, 1.165) is 44.7 Å². The summed E-state index contributed by atoms with van der Waals surface area (Å²) in [6.45, 7) is 2.97. The van der Waals surface area contributed by atoms with Gasteiger partial charge in [-0.1, -0.05) is 36.4 Å². The molecule has 2 aromatic rings. The highest BCUT2D eigenvalue weighted by Gasteiger charge is 2.21. The Balaban J connectivity index is 1.48. The molecule has 0 aromatic heterocycles. The number of ether oxygens (including phenoxy) is 1. The Hall–Kier alpha value is -2.00. The normalized spacial score (nSPS) is 17.4. The van der Waals surface area contributed by atoms with Crippen LogP contribution in [0.2, 0.25) is 0 Å². The van der Waals surface area contributed by atoms with Gasteiger partial charge in [0.15, 0.2) is 0 Å². The highest BCUT2D eigenvalue weighted by atomic mass is 16.5. The molecule has 23 heavy (non-hydrogen) atoms. The molecular weight excluding hydrogens is 286 g/mol. The fourth-order valence-corrected chi connectivity index (χ4v) is 3.10. The van der Waals surface area contributed by atoms with Crippen molar-refractivity contribution in [3.05, 3.63) is 60.2 Å². The summed E-state index contributed by atoms with van der Waals surface area (Å²) in [5.74, 6) is 1.34. The van der Waals surface area contributed by atoms with Crippen molar-refractivity contribution in [2.75, 3.05) is 31.2 Å². The van der Waals surface area contributed by atoms with Crippen LogP contribution in [0.4, 0.5) is 5.69 Å². The largest absolute Gasteiger partial charge is 0.494 e. The summed E-state index contributed by atoms with van der Waals surface area (Å²) in [5, 5.41) is 9.27. The maximum Gasteiger partial charge on any atom is 0.121 e. The van der Waals surface area contributed by atoms with E-state index >= 15 is 0 Å². The lowest BCUT2D eigenvalue weighted by atomic mass is 10.1. The van der Waals surface area contributed by atoms with Gasteiger partial charge < -0.3 is 14.7 Å². The second-order valence-electron chi connectivity index (χ2n) is 6.22. The van der Waals surface area contributed by atoms with Gasteiger partial charge in [-0.25, -0.2) is 0 Å². The third kappa shape index (κ3) is 4.49. The van der Waals surface area contributed by atoms with Crippen molar-refractivity contribution in [3.63, 3.8) is 0 Å². The first-order valence-electron chi connectivity index (χ1n) is 8.48. The van der Waals surface area contributed by atoms with Crippen LogP contribution < -0.4 is 9.64 Å². The van der Waals surface area contributed by atoms with Crippen LogP contribution >= 0.6 is 0 Å². The maximum atomic E-state index is 9.27. The molecule has 122 valence electrons. The van der Waals surface area contributed by atoms with Gasteiger partial charge in [0.25, 0.3) is 0 Å². The average molecular weight is 311 g/mol. The summed E-state index contributed by atoms with van der Waals surface area (Å²) in [7, 11) is 0. The van der Waals surface area contributed by atoms with E-state index in [0.29, 0.717) is 5.92 Å². The Bertz CT molecular complexity index is 600. The molecule has 2 aromatic carbocycles. The summed E-state index contributed by atoms with van der Waals surface area (Å²) >= 11 is 0. The molecule has 0 amide bonds. The van der Waals surface area contributed by atoms with Crippen LogP contribution in [0.3, 0.4) is 0 Å². The fraction of sp³-hybridized carbons (Fsp3) is 0.400. The van der Waals surface area contributed by atoms with E-state index in [4.69, 9.17) is 4.74 Å². The first kappa shape index (κ1) is 15.9. The molecule has 0 spiro atoms. The van der Waals surface area contributed by atoms with Crippen LogP contribution in [0.15, 0.2) is 54.6 Å². The first-order valence-corrected chi connectivity index (χ1v) is 8.48. The molecule has 0 radical (unpaired) electrons. The van der Waals surface area contributed by atoms with E-state index in [2.05, 4.69) is 41.3 Å². The molecule has 1 atom stereocenters. The Morgan fingerprint density at radius 3 is 2.74 bits per heavy atom. The van der Waals surface area contributed by atoms with Gasteiger partial charge in [0.2, 0.25) is 0 Å². The predicted molar refractivity (Wildman–Crippen MR) is 94.1 cm³/mol. The molecule has 3 nitrogen and oxygen atoms in total. The van der Waals surface area contributed by atoms with E-state index < -0.39 is 0 Å². The van der Waals surface area contributed by atoms with Gasteiger partial charge in [0, 0.05) is 37.4 Å². The zero-order valence-electron chi connectivity index (χ0n) is 13.5. The fourth-order valence-electron chi connectivity index (χ4n) is 3.10. The summed E-state index contributed by atoms with van der Waals surface area (Å²) < 4.78 is 5.91. The smallest absolute Gasteiger partial charge is 0.121 e. The van der Waals surface area contributed by atoms with Crippen molar-refractivity contribution in [2.24, 2.45) is 5.92 Å². The van der Waals surface area contributed by atoms with Gasteiger partial charge in [0.1, 0.15) is 5.75 Å². The van der Waals surface area contributed by atoms with Crippen molar-refractivity contribution >= 4 is 5.69 Å². The molecule has 1 saturated heterocycles. The minimum absolute atomic E-state index is 0.284. The molecular formula is C20H25NO2. The van der Waals surface area contributed by atoms with Gasteiger partial charge in [-0.3, -0.25) is 0 Å². The number of aliphatic hydroxyl groups is 1. The highest BCUT2D eigenvalue weighted by molar-refractivity contribution is 5.51. The molecule has 1 heterocycles. The van der Waals surface area contributed by atoms with Gasteiger partial charge in [-0.05, 0) is 37.0 Å². The van der Waals surface area contributed by atoms with E-state index in [-0.39, 0.29) is 6.61 Å². The Kier molecular flexibility index (Phi) is 5.54. The average Bonchev–Trinajstić information content (AvgIpc) is 3.09. The first-order chi connectivity index (χ1) is 11.3. The SMILES string of the molecule is OCC1CCN(c2cccc(OCCCc3ccccc3)c2)C1. The highest BCUT2D eigenvalue weighted by Crippen LogP contribution is 2.26. The molecule has 1 aliphatic heterocycles. The molecule has 1 unspecified atom stereocenters. The summed E-state index contributed by atoms with van der Waals surface area (Å²) in [5.41, 5.74) is 2.55. The number of aliphatic hydroxyl groups excluding tert-OH is 1. The Morgan fingerprint density at radius 1 is 1.09 bits per heavy atom. The lowest BCUT2D eigenvalue weighted by molar-refractivity contribution is 0.238. The number of rotatable bonds is 7. The molecule has 0 bridgehead atoms. The van der Waals surface area contributed by atoms with Crippen molar-refractivity contribution in [1.29, 1.82) is 0 Å². The molecule has 0 aliphatic carbocycles. The number of nitrogens with zero attached hydrogens (tertiary/aromatic N) is 1. The Labute approximate surface area is 138 Å². The third-order valence-corrected chi connectivity index (χ3v) is 4.45. The molecule has 1 aliphatic rings. The van der Waals surface area contributed by atoms with Gasteiger partial charge in [-0.2, -0.15) is 0 Å². The number of benzene rings is 2. The summed E-state index contributed by atoms with van der Waals surface area (Å²) in [6, 6.07) is 18.8. The molecule has 3 rings (SSSR count). The van der Waals surface area contributed by atoms with Crippen LogP contribution in [0, 0.1) is 5.92 Å². The standard InChI is InChI=1S/C20H25NO2/c22-16-18-11-12-21(15-18)19-9-4-10-20(14-19)23-13-5-8-17-6-2-1-3-7-17/h1-4,6-7,9-10,14,18,22H,5,8,11-13,15-16H2. The molecule has 3 heteroatoms. The lowest BCUT2D eigenvalue weighted by Crippen LogP contribution is -2.20. The van der Waals surface area contributed by atoms with E-state index in [1.54, 1.807) is 0 Å². The van der Waals surface area contributed by atoms with Crippen LogP contribution in [0.25, 0.3) is 0 Å². The van der Waals surface area contributed by atoms with Crippen LogP contribution in [0.1, 0.15) is 18.4 Å². The van der Waals surface area contributed by atoms with Gasteiger partial charge in [-0.15, -0.1) is 0 Å². The maximum absolute atomic E-state index is 9.27. The molecule has 0 saturated carbocycles. The van der Waals surface area contributed by atoms with E-state index in [9.17, 15) is 5.11 Å². The quantitative estimate of drug-likeness (QED) is 0.794.